The monoisotopic (exact) mass is 862 g/mol. The van der Waals surface area contributed by atoms with E-state index in [1.54, 1.807) is 0 Å². The second-order valence-corrected chi connectivity index (χ2v) is 14.4. The minimum Gasteiger partial charge on any atom is -0.494 e. The van der Waals surface area contributed by atoms with E-state index in [0.29, 0.717) is 32.3 Å². The first-order valence-electron chi connectivity index (χ1n) is 20.9. The van der Waals surface area contributed by atoms with Gasteiger partial charge in [0.2, 0.25) is 0 Å². The Morgan fingerprint density at radius 3 is 1.10 bits per heavy atom. The number of benzene rings is 4. The molecule has 62 heavy (non-hydrogen) atoms. The number of carbonyl (C=O) groups is 4. The molecule has 0 aliphatic rings. The Bertz CT molecular complexity index is 1790. The van der Waals surface area contributed by atoms with Gasteiger partial charge in [-0.15, -0.1) is 0 Å². The number of carboxylic acids is 4. The van der Waals surface area contributed by atoms with Crippen LogP contribution < -0.4 is 4.74 Å². The van der Waals surface area contributed by atoms with Gasteiger partial charge in [0.25, 0.3) is 0 Å². The fourth-order valence-electron chi connectivity index (χ4n) is 5.09. The molecule has 0 saturated carbocycles. The van der Waals surface area contributed by atoms with E-state index >= 15 is 0 Å². The molecular weight excluding hydrogens is 797 g/mol. The first-order valence-corrected chi connectivity index (χ1v) is 20.9. The lowest BCUT2D eigenvalue weighted by Gasteiger charge is -2.06. The highest BCUT2D eigenvalue weighted by atomic mass is 16.5. The number of aryl methyl sites for hydroxylation is 2. The van der Waals surface area contributed by atoms with Crippen molar-refractivity contribution in [2.24, 2.45) is 0 Å². The van der Waals surface area contributed by atoms with E-state index < -0.39 is 23.9 Å². The SMILES string of the molecule is CC(C)c1ccc(COCC(=O)O)cc1.CCCCOc1ccc(COCC(=O)O)cc1.CCCCc1ccc(COCC(=O)O)cc1.CCc1ccc(COCC(=O)O)cc1. The van der Waals surface area contributed by atoms with Crippen molar-refractivity contribution in [3.63, 3.8) is 0 Å². The van der Waals surface area contributed by atoms with E-state index in [1.807, 2.05) is 84.9 Å². The minimum atomic E-state index is -0.954. The summed E-state index contributed by atoms with van der Waals surface area (Å²) in [6.45, 7) is 11.8. The zero-order valence-electron chi connectivity index (χ0n) is 36.9. The third-order valence-electron chi connectivity index (χ3n) is 8.59. The molecule has 4 aromatic rings. The van der Waals surface area contributed by atoms with Crippen LogP contribution in [0.25, 0.3) is 0 Å². The summed E-state index contributed by atoms with van der Waals surface area (Å²) >= 11 is 0. The molecule has 0 spiro atoms. The maximum absolute atomic E-state index is 10.2. The van der Waals surface area contributed by atoms with Crippen LogP contribution in [0, 0.1) is 0 Å². The van der Waals surface area contributed by atoms with E-state index in [2.05, 4.69) is 46.8 Å². The van der Waals surface area contributed by atoms with Crippen LogP contribution in [-0.2, 0) is 77.4 Å². The maximum atomic E-state index is 10.2. The van der Waals surface area contributed by atoms with Crippen LogP contribution in [0.1, 0.15) is 105 Å². The molecule has 4 N–H and O–H groups in total. The molecule has 0 atom stereocenters. The van der Waals surface area contributed by atoms with Gasteiger partial charge in [0, 0.05) is 0 Å². The molecule has 0 saturated heterocycles. The van der Waals surface area contributed by atoms with Crippen molar-refractivity contribution in [3.05, 3.63) is 136 Å². The van der Waals surface area contributed by atoms with Gasteiger partial charge < -0.3 is 44.1 Å². The van der Waals surface area contributed by atoms with Crippen LogP contribution in [0.2, 0.25) is 0 Å². The molecule has 4 aromatic carbocycles. The van der Waals surface area contributed by atoms with Gasteiger partial charge >= 0.3 is 23.9 Å². The van der Waals surface area contributed by atoms with Gasteiger partial charge in [-0.3, -0.25) is 0 Å². The Labute approximate surface area is 366 Å². The zero-order valence-corrected chi connectivity index (χ0v) is 36.9. The van der Waals surface area contributed by atoms with Crippen molar-refractivity contribution in [2.75, 3.05) is 33.0 Å². The topological polar surface area (TPSA) is 195 Å². The smallest absolute Gasteiger partial charge is 0.329 e. The summed E-state index contributed by atoms with van der Waals surface area (Å²) in [5, 5.41) is 33.6. The van der Waals surface area contributed by atoms with Crippen molar-refractivity contribution in [3.8, 4) is 5.75 Å². The Morgan fingerprint density at radius 2 is 0.774 bits per heavy atom. The second-order valence-electron chi connectivity index (χ2n) is 14.4. The maximum Gasteiger partial charge on any atom is 0.329 e. The van der Waals surface area contributed by atoms with Crippen molar-refractivity contribution < 1.29 is 63.3 Å². The molecule has 0 amide bonds. The Hall–Kier alpha value is -5.60. The summed E-state index contributed by atoms with van der Waals surface area (Å²) in [6, 6.07) is 31.6. The highest BCUT2D eigenvalue weighted by molar-refractivity contribution is 5.68. The van der Waals surface area contributed by atoms with Gasteiger partial charge in [0.1, 0.15) is 32.2 Å². The molecule has 0 fully saturated rings. The van der Waals surface area contributed by atoms with Crippen molar-refractivity contribution in [2.45, 2.75) is 105 Å². The Morgan fingerprint density at radius 1 is 0.452 bits per heavy atom. The highest BCUT2D eigenvalue weighted by Gasteiger charge is 2.03. The number of hydrogen-bond acceptors (Lipinski definition) is 9. The molecule has 0 heterocycles. The van der Waals surface area contributed by atoms with Crippen molar-refractivity contribution in [1.82, 2.24) is 0 Å². The van der Waals surface area contributed by atoms with Crippen molar-refractivity contribution in [1.29, 1.82) is 0 Å². The summed E-state index contributed by atoms with van der Waals surface area (Å²) in [7, 11) is 0. The zero-order chi connectivity index (χ0) is 46.0. The quantitative estimate of drug-likeness (QED) is 0.0461. The van der Waals surface area contributed by atoms with Gasteiger partial charge in [-0.1, -0.05) is 132 Å². The first-order chi connectivity index (χ1) is 29.8. The van der Waals surface area contributed by atoms with Crippen LogP contribution in [0.15, 0.2) is 97.1 Å². The average molecular weight is 863 g/mol. The third-order valence-corrected chi connectivity index (χ3v) is 8.59. The molecule has 0 aliphatic heterocycles. The summed E-state index contributed by atoms with van der Waals surface area (Å²) in [5.41, 5.74) is 7.83. The summed E-state index contributed by atoms with van der Waals surface area (Å²) in [4.78, 5) is 40.9. The van der Waals surface area contributed by atoms with E-state index in [4.69, 9.17) is 44.1 Å². The number of carboxylic acid groups (broad SMARTS) is 4. The van der Waals surface area contributed by atoms with Crippen LogP contribution in [-0.4, -0.2) is 77.3 Å². The van der Waals surface area contributed by atoms with Gasteiger partial charge in [0.15, 0.2) is 0 Å². The number of rotatable bonds is 25. The number of hydrogen-bond donors (Lipinski definition) is 4. The second kappa shape index (κ2) is 34.0. The molecule has 0 radical (unpaired) electrons. The van der Waals surface area contributed by atoms with E-state index in [-0.39, 0.29) is 26.4 Å². The Kier molecular flexibility index (Phi) is 29.9. The molecule has 0 aliphatic carbocycles. The van der Waals surface area contributed by atoms with E-state index in [0.717, 1.165) is 60.3 Å². The van der Waals surface area contributed by atoms with Gasteiger partial charge in [-0.05, 0) is 82.7 Å². The predicted octanol–water partition coefficient (Wildman–Crippen LogP) is 9.36. The van der Waals surface area contributed by atoms with Gasteiger partial charge in [0.05, 0.1) is 33.0 Å². The molecule has 13 heteroatoms. The molecular formula is C49H66O13. The van der Waals surface area contributed by atoms with Crippen LogP contribution in [0.5, 0.6) is 5.75 Å². The summed E-state index contributed by atoms with van der Waals surface area (Å²) < 4.78 is 25.4. The lowest BCUT2D eigenvalue weighted by atomic mass is 10.0. The van der Waals surface area contributed by atoms with E-state index in [9.17, 15) is 19.2 Å². The summed E-state index contributed by atoms with van der Waals surface area (Å²) in [6.07, 6.45) is 6.67. The average Bonchev–Trinajstić information content (AvgIpc) is 3.25. The van der Waals surface area contributed by atoms with E-state index in [1.165, 1.54) is 29.5 Å². The summed E-state index contributed by atoms with van der Waals surface area (Å²) in [5.74, 6) is -2.41. The van der Waals surface area contributed by atoms with Gasteiger partial charge in [-0.2, -0.15) is 0 Å². The van der Waals surface area contributed by atoms with Crippen LogP contribution >= 0.6 is 0 Å². The van der Waals surface area contributed by atoms with Crippen molar-refractivity contribution >= 4 is 23.9 Å². The number of unbranched alkanes of at least 4 members (excludes halogenated alkanes) is 2. The fourth-order valence-corrected chi connectivity index (χ4v) is 5.09. The number of ether oxygens (including phenoxy) is 5. The van der Waals surface area contributed by atoms with Gasteiger partial charge in [-0.25, -0.2) is 19.2 Å². The number of aliphatic carboxylic acids is 4. The lowest BCUT2D eigenvalue weighted by Crippen LogP contribution is -2.06. The molecule has 0 aromatic heterocycles. The third kappa shape index (κ3) is 28.8. The molecule has 340 valence electrons. The Balaban J connectivity index is 0.000000414. The molecule has 13 nitrogen and oxygen atoms in total. The van der Waals surface area contributed by atoms with Crippen LogP contribution in [0.4, 0.5) is 0 Å². The fraction of sp³-hybridized carbons (Fsp3) is 0.429. The van der Waals surface area contributed by atoms with Crippen LogP contribution in [0.3, 0.4) is 0 Å². The largest absolute Gasteiger partial charge is 0.494 e. The normalized spacial score (nSPS) is 10.3. The molecule has 0 unspecified atom stereocenters. The highest BCUT2D eigenvalue weighted by Crippen LogP contribution is 2.16. The standard InChI is InChI=1S/C13H18O4.C13H18O3.C12H16O3.C11H14O3/c1-2-3-8-17-12-6-4-11(5-7-12)9-16-10-13(14)15;1-2-3-4-11-5-7-12(8-6-11)9-16-10-13(14)15;1-9(2)11-5-3-10(4-6-11)7-15-8-12(13)14;1-2-9-3-5-10(6-4-9)7-14-8-11(12)13/h4-7H,2-3,8-10H2,1H3,(H,14,15);5-8H,2-4,9-10H2,1H3,(H,14,15);3-6,9H,7-8H2,1-2H3,(H,13,14);3-6H,2,7-8H2,1H3,(H,12,13). The molecule has 4 rings (SSSR count). The first kappa shape index (κ1) is 54.4. The lowest BCUT2D eigenvalue weighted by molar-refractivity contribution is -0.143. The molecule has 0 bridgehead atoms. The minimum absolute atomic E-state index is 0.239. The predicted molar refractivity (Wildman–Crippen MR) is 237 cm³/mol.